The van der Waals surface area contributed by atoms with E-state index >= 15 is 0 Å². The van der Waals surface area contributed by atoms with Gasteiger partial charge < -0.3 is 0 Å². The van der Waals surface area contributed by atoms with E-state index in [9.17, 15) is 0 Å². The van der Waals surface area contributed by atoms with Crippen molar-refractivity contribution in [2.75, 3.05) is 0 Å². The number of fused-ring (bicyclic) bond motifs is 4. The summed E-state index contributed by atoms with van der Waals surface area (Å²) in [4.78, 5) is 0. The highest BCUT2D eigenvalue weighted by Gasteiger charge is 2.30. The van der Waals surface area contributed by atoms with E-state index in [1.54, 1.807) is 0 Å². The quantitative estimate of drug-likeness (QED) is 0.245. The zero-order valence-corrected chi connectivity index (χ0v) is 29.8. The molecule has 0 aromatic heterocycles. The van der Waals surface area contributed by atoms with E-state index in [1.165, 1.54) is 69.7 Å². The minimum atomic E-state index is 0.0787. The fourth-order valence-electron chi connectivity index (χ4n) is 6.39. The van der Waals surface area contributed by atoms with Crippen molar-refractivity contribution >= 4 is 31.9 Å². The van der Waals surface area contributed by atoms with Gasteiger partial charge in [0.25, 0.3) is 0 Å². The van der Waals surface area contributed by atoms with Crippen molar-refractivity contribution < 1.29 is 0 Å². The molecule has 0 nitrogen and oxygen atoms in total. The van der Waals surface area contributed by atoms with Gasteiger partial charge in [-0.1, -0.05) is 148 Å². The molecular formula is C38H54Br2. The summed E-state index contributed by atoms with van der Waals surface area (Å²) < 4.78 is 2.63. The fraction of sp³-hybridized carbons (Fsp3) is 0.579. The topological polar surface area (TPSA) is 0 Å². The Morgan fingerprint density at radius 1 is 0.450 bits per heavy atom. The van der Waals surface area contributed by atoms with Crippen LogP contribution < -0.4 is 0 Å². The van der Waals surface area contributed by atoms with Crippen LogP contribution in [0.4, 0.5) is 0 Å². The van der Waals surface area contributed by atoms with Crippen molar-refractivity contribution in [2.45, 2.75) is 141 Å². The van der Waals surface area contributed by atoms with Crippen LogP contribution in [0.5, 0.6) is 0 Å². The fourth-order valence-corrected chi connectivity index (χ4v) is 9.06. The van der Waals surface area contributed by atoms with Gasteiger partial charge >= 0.3 is 0 Å². The second-order valence-corrected chi connectivity index (χ2v) is 16.3. The van der Waals surface area contributed by atoms with Crippen LogP contribution in [0.2, 0.25) is 0 Å². The molecule has 1 aliphatic carbocycles. The summed E-state index contributed by atoms with van der Waals surface area (Å²) in [5.74, 6) is 0. The molecule has 0 fully saturated rings. The third-order valence-electron chi connectivity index (χ3n) is 9.39. The van der Waals surface area contributed by atoms with Crippen molar-refractivity contribution in [3.05, 3.63) is 91.9 Å². The Morgan fingerprint density at radius 3 is 1.10 bits per heavy atom. The van der Waals surface area contributed by atoms with Crippen molar-refractivity contribution in [3.63, 3.8) is 0 Å². The predicted molar refractivity (Wildman–Crippen MR) is 185 cm³/mol. The molecule has 1 aliphatic rings. The first-order chi connectivity index (χ1) is 18.7. The molecule has 220 valence electrons. The highest BCUT2D eigenvalue weighted by Crippen LogP contribution is 2.43. The summed E-state index contributed by atoms with van der Waals surface area (Å²) in [5, 5.41) is 0. The van der Waals surface area contributed by atoms with E-state index in [-0.39, 0.29) is 21.7 Å². The summed E-state index contributed by atoms with van der Waals surface area (Å²) in [6, 6.07) is 13.9. The lowest BCUT2D eigenvalue weighted by molar-refractivity contribution is 0.444. The highest BCUT2D eigenvalue weighted by atomic mass is 79.9. The van der Waals surface area contributed by atoms with Crippen molar-refractivity contribution in [2.24, 2.45) is 0 Å². The number of halogens is 2. The molecular weight excluding hydrogens is 616 g/mol. The molecule has 0 spiro atoms. The molecule has 40 heavy (non-hydrogen) atoms. The maximum Gasteiger partial charge on any atom is 0.0250 e. The van der Waals surface area contributed by atoms with Gasteiger partial charge in [-0.05, 0) is 108 Å². The van der Waals surface area contributed by atoms with E-state index in [0.717, 1.165) is 25.7 Å². The van der Waals surface area contributed by atoms with Gasteiger partial charge in [-0.3, -0.25) is 0 Å². The molecule has 0 unspecified atom stereocenters. The van der Waals surface area contributed by atoms with Crippen LogP contribution in [0.25, 0.3) is 0 Å². The van der Waals surface area contributed by atoms with E-state index in [4.69, 9.17) is 0 Å². The Balaban J connectivity index is 1.86. The average molecular weight is 671 g/mol. The van der Waals surface area contributed by atoms with Crippen molar-refractivity contribution in [1.29, 1.82) is 0 Å². The first kappa shape index (κ1) is 33.4. The van der Waals surface area contributed by atoms with Crippen LogP contribution in [-0.4, -0.2) is 0 Å². The predicted octanol–water partition coefficient (Wildman–Crippen LogP) is 13.0. The molecule has 0 N–H and O–H groups in total. The zero-order chi connectivity index (χ0) is 29.6. The van der Waals surface area contributed by atoms with Gasteiger partial charge in [-0.2, -0.15) is 0 Å². The van der Waals surface area contributed by atoms with Gasteiger partial charge in [0.1, 0.15) is 0 Å². The molecule has 2 aromatic carbocycles. The van der Waals surface area contributed by atoms with Crippen LogP contribution in [0, 0.1) is 0 Å². The number of benzene rings is 2. The number of rotatable bonds is 0. The third-order valence-corrected chi connectivity index (χ3v) is 11.1. The first-order valence-electron chi connectivity index (χ1n) is 15.6. The zero-order valence-electron chi connectivity index (χ0n) is 26.6. The standard InChI is InChI=1S/C38H54Br2/c1-35(2)25-15-11-9-10-12-16-26-36(3,4)30-22-20-24-32(34(30)40)38(7,8)28-18-14-13-17-27-37(5,6)31-23-19-21-29(35)33(31)39/h9-10,13,17,19-24H,11-12,14-16,18,25-28H2,1-8H3/b10-9+,17-13+. The Morgan fingerprint density at radius 2 is 0.750 bits per heavy atom. The molecule has 0 atom stereocenters. The first-order valence-corrected chi connectivity index (χ1v) is 17.2. The van der Waals surface area contributed by atoms with Crippen molar-refractivity contribution in [1.82, 2.24) is 0 Å². The van der Waals surface area contributed by atoms with Gasteiger partial charge in [-0.15, -0.1) is 0 Å². The summed E-state index contributed by atoms with van der Waals surface area (Å²) in [6.45, 7) is 19.3. The lowest BCUT2D eigenvalue weighted by Crippen LogP contribution is -2.22. The third kappa shape index (κ3) is 8.47. The number of hydrogen-bond donors (Lipinski definition) is 0. The molecule has 2 heteroatoms. The van der Waals surface area contributed by atoms with Crippen molar-refractivity contribution in [3.8, 4) is 0 Å². The summed E-state index contributed by atoms with van der Waals surface area (Å²) in [5.41, 5.74) is 6.27. The molecule has 0 heterocycles. The second kappa shape index (κ2) is 13.9. The minimum Gasteiger partial charge on any atom is -0.0885 e. The van der Waals surface area contributed by atoms with Crippen LogP contribution in [0.1, 0.15) is 142 Å². The molecule has 0 saturated heterocycles. The lowest BCUT2D eigenvalue weighted by atomic mass is 9.75. The van der Waals surface area contributed by atoms with Crippen LogP contribution in [-0.2, 0) is 21.7 Å². The van der Waals surface area contributed by atoms with Gasteiger partial charge in [0.15, 0.2) is 0 Å². The minimum absolute atomic E-state index is 0.0787. The van der Waals surface area contributed by atoms with Crippen LogP contribution >= 0.6 is 31.9 Å². The Labute approximate surface area is 263 Å². The van der Waals surface area contributed by atoms with E-state index in [2.05, 4.69) is 148 Å². The number of allylic oxidation sites excluding steroid dienone is 4. The molecule has 4 bridgehead atoms. The van der Waals surface area contributed by atoms with Gasteiger partial charge in [0.2, 0.25) is 0 Å². The normalized spacial score (nSPS) is 23.4. The largest absolute Gasteiger partial charge is 0.0885 e. The lowest BCUT2D eigenvalue weighted by Gasteiger charge is -2.32. The summed E-state index contributed by atoms with van der Waals surface area (Å²) >= 11 is 8.13. The average Bonchev–Trinajstić information content (AvgIpc) is 2.86. The molecule has 0 aliphatic heterocycles. The SMILES string of the molecule is CC1(C)C/C=C/CCCC(C)(C)c2cccc(c2Br)C(C)(C)CCC/C=C/CCCC(C)(C)c2cccc1c2Br. The Kier molecular flexibility index (Phi) is 11.6. The highest BCUT2D eigenvalue weighted by molar-refractivity contribution is 9.11. The van der Waals surface area contributed by atoms with E-state index < -0.39 is 0 Å². The number of hydrogen-bond acceptors (Lipinski definition) is 0. The van der Waals surface area contributed by atoms with Gasteiger partial charge in [0, 0.05) is 8.95 Å². The Bertz CT molecular complexity index is 1180. The summed E-state index contributed by atoms with van der Waals surface area (Å²) in [7, 11) is 0. The molecule has 0 radical (unpaired) electrons. The molecule has 0 saturated carbocycles. The van der Waals surface area contributed by atoms with Crippen LogP contribution in [0.15, 0.2) is 69.6 Å². The summed E-state index contributed by atoms with van der Waals surface area (Å²) in [6.07, 6.45) is 21.4. The van der Waals surface area contributed by atoms with Gasteiger partial charge in [0.05, 0.1) is 0 Å². The molecule has 2 aromatic rings. The van der Waals surface area contributed by atoms with Gasteiger partial charge in [-0.25, -0.2) is 0 Å². The Hall–Kier alpha value is -1.12. The smallest absolute Gasteiger partial charge is 0.0250 e. The molecule has 0 amide bonds. The second-order valence-electron chi connectivity index (χ2n) is 14.7. The maximum atomic E-state index is 4.07. The monoisotopic (exact) mass is 668 g/mol. The molecule has 3 rings (SSSR count). The van der Waals surface area contributed by atoms with E-state index in [1.807, 2.05) is 0 Å². The van der Waals surface area contributed by atoms with E-state index in [0.29, 0.717) is 0 Å². The maximum absolute atomic E-state index is 4.07. The van der Waals surface area contributed by atoms with Crippen LogP contribution in [0.3, 0.4) is 0 Å².